The fourth-order valence-corrected chi connectivity index (χ4v) is 1.83. The maximum absolute atomic E-state index is 5.42. The molecule has 1 heterocycles. The van der Waals surface area contributed by atoms with Gasteiger partial charge in [0, 0.05) is 30.4 Å². The standard InChI is InChI=1S/C15H20N2O/c1-11-9-14(16-10-15(2,3)18-4)12-7-5-6-8-13(12)17-11/h5-9H,10H2,1-4H3,(H,16,17). The van der Waals surface area contributed by atoms with E-state index in [4.69, 9.17) is 4.74 Å². The van der Waals surface area contributed by atoms with Crippen molar-refractivity contribution in [3.63, 3.8) is 0 Å². The quantitative estimate of drug-likeness (QED) is 0.895. The van der Waals surface area contributed by atoms with Crippen molar-refractivity contribution in [3.05, 3.63) is 36.0 Å². The minimum Gasteiger partial charge on any atom is -0.382 e. The van der Waals surface area contributed by atoms with Crippen LogP contribution >= 0.6 is 0 Å². The van der Waals surface area contributed by atoms with E-state index in [1.54, 1.807) is 7.11 Å². The highest BCUT2D eigenvalue weighted by Gasteiger charge is 2.16. The Balaban J connectivity index is 2.33. The Bertz CT molecular complexity index is 549. The van der Waals surface area contributed by atoms with Gasteiger partial charge >= 0.3 is 0 Å². The molecule has 0 aliphatic heterocycles. The summed E-state index contributed by atoms with van der Waals surface area (Å²) in [6.45, 7) is 6.91. The summed E-state index contributed by atoms with van der Waals surface area (Å²) in [5.41, 5.74) is 2.98. The lowest BCUT2D eigenvalue weighted by Gasteiger charge is -2.24. The minimum atomic E-state index is -0.182. The number of aromatic nitrogens is 1. The monoisotopic (exact) mass is 244 g/mol. The van der Waals surface area contributed by atoms with E-state index in [0.717, 1.165) is 28.8 Å². The van der Waals surface area contributed by atoms with E-state index < -0.39 is 0 Å². The predicted octanol–water partition coefficient (Wildman–Crippen LogP) is 3.38. The number of nitrogens with one attached hydrogen (secondary N) is 1. The highest BCUT2D eigenvalue weighted by molar-refractivity contribution is 5.91. The largest absolute Gasteiger partial charge is 0.382 e. The molecule has 0 radical (unpaired) electrons. The first-order valence-electron chi connectivity index (χ1n) is 6.17. The third-order valence-corrected chi connectivity index (χ3v) is 3.10. The van der Waals surface area contributed by atoms with Crippen LogP contribution < -0.4 is 5.32 Å². The number of hydrogen-bond donors (Lipinski definition) is 1. The van der Waals surface area contributed by atoms with Gasteiger partial charge in [-0.3, -0.25) is 4.98 Å². The van der Waals surface area contributed by atoms with E-state index in [2.05, 4.69) is 36.3 Å². The third kappa shape index (κ3) is 2.79. The van der Waals surface area contributed by atoms with Gasteiger partial charge in [0.15, 0.2) is 0 Å². The van der Waals surface area contributed by atoms with Crippen LogP contribution in [0.4, 0.5) is 5.69 Å². The first-order chi connectivity index (χ1) is 8.52. The fraction of sp³-hybridized carbons (Fsp3) is 0.400. The molecule has 1 N–H and O–H groups in total. The number of pyridine rings is 1. The van der Waals surface area contributed by atoms with Gasteiger partial charge in [-0.1, -0.05) is 18.2 Å². The lowest BCUT2D eigenvalue weighted by Crippen LogP contribution is -2.32. The molecule has 1 aromatic carbocycles. The smallest absolute Gasteiger partial charge is 0.0794 e. The number of rotatable bonds is 4. The van der Waals surface area contributed by atoms with Crippen molar-refractivity contribution in [2.45, 2.75) is 26.4 Å². The number of nitrogens with zero attached hydrogens (tertiary/aromatic N) is 1. The average Bonchev–Trinajstić information content (AvgIpc) is 2.36. The number of hydrogen-bond acceptors (Lipinski definition) is 3. The Morgan fingerprint density at radius 3 is 2.72 bits per heavy atom. The second kappa shape index (κ2) is 4.94. The van der Waals surface area contributed by atoms with Crippen LogP contribution in [-0.4, -0.2) is 24.2 Å². The van der Waals surface area contributed by atoms with Crippen LogP contribution in [-0.2, 0) is 4.74 Å². The molecule has 0 unspecified atom stereocenters. The van der Waals surface area contributed by atoms with E-state index in [-0.39, 0.29) is 5.60 Å². The molecule has 3 heteroatoms. The Morgan fingerprint density at radius 2 is 2.00 bits per heavy atom. The van der Waals surface area contributed by atoms with Gasteiger partial charge in [-0.15, -0.1) is 0 Å². The molecule has 3 nitrogen and oxygen atoms in total. The van der Waals surface area contributed by atoms with Crippen LogP contribution in [0.3, 0.4) is 0 Å². The Hall–Kier alpha value is -1.61. The number of fused-ring (bicyclic) bond motifs is 1. The number of methoxy groups -OCH3 is 1. The molecule has 0 aliphatic rings. The van der Waals surface area contributed by atoms with E-state index >= 15 is 0 Å². The summed E-state index contributed by atoms with van der Waals surface area (Å²) in [5.74, 6) is 0. The van der Waals surface area contributed by atoms with Crippen molar-refractivity contribution >= 4 is 16.6 Å². The SMILES string of the molecule is COC(C)(C)CNc1cc(C)nc2ccccc12. The van der Waals surface area contributed by atoms with Gasteiger partial charge in [0.2, 0.25) is 0 Å². The Morgan fingerprint density at radius 1 is 1.28 bits per heavy atom. The van der Waals surface area contributed by atoms with Crippen molar-refractivity contribution in [1.82, 2.24) is 4.98 Å². The average molecular weight is 244 g/mol. The molecule has 1 aromatic heterocycles. The van der Waals surface area contributed by atoms with Crippen molar-refractivity contribution in [2.75, 3.05) is 19.0 Å². The zero-order valence-electron chi connectivity index (χ0n) is 11.4. The number of ether oxygens (including phenoxy) is 1. The maximum atomic E-state index is 5.42. The first-order valence-corrected chi connectivity index (χ1v) is 6.17. The van der Waals surface area contributed by atoms with Crippen LogP contribution in [0.2, 0.25) is 0 Å². The van der Waals surface area contributed by atoms with Crippen LogP contribution in [0.25, 0.3) is 10.9 Å². The van der Waals surface area contributed by atoms with Crippen LogP contribution in [0, 0.1) is 6.92 Å². The summed E-state index contributed by atoms with van der Waals surface area (Å²) in [5, 5.41) is 4.60. The lowest BCUT2D eigenvalue weighted by atomic mass is 10.1. The molecule has 0 spiro atoms. The van der Waals surface area contributed by atoms with Gasteiger partial charge in [-0.05, 0) is 32.9 Å². The van der Waals surface area contributed by atoms with Crippen molar-refractivity contribution in [1.29, 1.82) is 0 Å². The van der Waals surface area contributed by atoms with E-state index in [0.29, 0.717) is 0 Å². The van der Waals surface area contributed by atoms with Gasteiger partial charge in [0.25, 0.3) is 0 Å². The zero-order valence-corrected chi connectivity index (χ0v) is 11.4. The molecule has 0 aliphatic carbocycles. The van der Waals surface area contributed by atoms with E-state index in [9.17, 15) is 0 Å². The highest BCUT2D eigenvalue weighted by Crippen LogP contribution is 2.23. The Labute approximate surface area is 108 Å². The summed E-state index contributed by atoms with van der Waals surface area (Å²) in [6.07, 6.45) is 0. The summed E-state index contributed by atoms with van der Waals surface area (Å²) < 4.78 is 5.42. The molecule has 0 atom stereocenters. The normalized spacial score (nSPS) is 11.8. The third-order valence-electron chi connectivity index (χ3n) is 3.10. The van der Waals surface area contributed by atoms with Crippen LogP contribution in [0.15, 0.2) is 30.3 Å². The summed E-state index contributed by atoms with van der Waals surface area (Å²) in [4.78, 5) is 4.53. The van der Waals surface area contributed by atoms with Gasteiger partial charge in [-0.2, -0.15) is 0 Å². The Kier molecular flexibility index (Phi) is 3.53. The molecule has 0 amide bonds. The second-order valence-electron chi connectivity index (χ2n) is 5.15. The lowest BCUT2D eigenvalue weighted by molar-refractivity contribution is 0.0344. The van der Waals surface area contributed by atoms with Gasteiger partial charge < -0.3 is 10.1 Å². The molecule has 2 aromatic rings. The molecule has 18 heavy (non-hydrogen) atoms. The molecular weight excluding hydrogens is 224 g/mol. The molecule has 2 rings (SSSR count). The van der Waals surface area contributed by atoms with Crippen molar-refractivity contribution in [2.24, 2.45) is 0 Å². The molecule has 96 valence electrons. The number of anilines is 1. The number of aryl methyl sites for hydroxylation is 1. The zero-order chi connectivity index (χ0) is 13.2. The maximum Gasteiger partial charge on any atom is 0.0794 e. The van der Waals surface area contributed by atoms with Crippen LogP contribution in [0.1, 0.15) is 19.5 Å². The summed E-state index contributed by atoms with van der Waals surface area (Å²) in [6, 6.07) is 10.2. The van der Waals surface area contributed by atoms with Gasteiger partial charge in [-0.25, -0.2) is 0 Å². The topological polar surface area (TPSA) is 34.1 Å². The van der Waals surface area contributed by atoms with Gasteiger partial charge in [0.05, 0.1) is 11.1 Å². The van der Waals surface area contributed by atoms with Crippen molar-refractivity contribution in [3.8, 4) is 0 Å². The molecule has 0 saturated heterocycles. The first kappa shape index (κ1) is 12.8. The fourth-order valence-electron chi connectivity index (χ4n) is 1.83. The van der Waals surface area contributed by atoms with E-state index in [1.165, 1.54) is 0 Å². The number of para-hydroxylation sites is 1. The minimum absolute atomic E-state index is 0.182. The van der Waals surface area contributed by atoms with Crippen molar-refractivity contribution < 1.29 is 4.74 Å². The highest BCUT2D eigenvalue weighted by atomic mass is 16.5. The molecular formula is C15H20N2O. The number of benzene rings is 1. The molecule has 0 bridgehead atoms. The molecule has 0 fully saturated rings. The summed E-state index contributed by atoms with van der Waals surface area (Å²) in [7, 11) is 1.73. The van der Waals surface area contributed by atoms with E-state index in [1.807, 2.05) is 25.1 Å². The summed E-state index contributed by atoms with van der Waals surface area (Å²) >= 11 is 0. The second-order valence-corrected chi connectivity index (χ2v) is 5.15. The molecule has 0 saturated carbocycles. The predicted molar refractivity (Wildman–Crippen MR) is 76.1 cm³/mol. The van der Waals surface area contributed by atoms with Gasteiger partial charge in [0.1, 0.15) is 0 Å². The van der Waals surface area contributed by atoms with Crippen LogP contribution in [0.5, 0.6) is 0 Å².